The Labute approximate surface area is 131 Å². The van der Waals surface area contributed by atoms with Gasteiger partial charge in [0.2, 0.25) is 0 Å². The second kappa shape index (κ2) is 4.74. The summed E-state index contributed by atoms with van der Waals surface area (Å²) in [4.78, 5) is 5.98. The molecule has 3 aromatic heterocycles. The quantitative estimate of drug-likeness (QED) is 0.583. The average molecular weight is 401 g/mol. The molecule has 3 rings (SSSR count). The van der Waals surface area contributed by atoms with Crippen LogP contribution in [0.2, 0.25) is 5.02 Å². The maximum atomic E-state index is 9.43. The molecular weight excluding hydrogens is 395 g/mol. The number of hydrogen-bond acceptors (Lipinski definition) is 4. The molecule has 0 aromatic carbocycles. The molecule has 0 saturated heterocycles. The molecular formula is C12H6ClIN4S. The highest BCUT2D eigenvalue weighted by molar-refractivity contribution is 14.1. The van der Waals surface area contributed by atoms with Gasteiger partial charge in [-0.25, -0.2) is 4.98 Å². The van der Waals surface area contributed by atoms with Crippen molar-refractivity contribution in [3.63, 3.8) is 0 Å². The zero-order valence-corrected chi connectivity index (χ0v) is 13.4. The molecule has 0 aliphatic carbocycles. The number of aryl methyl sites for hydroxylation is 1. The van der Waals surface area contributed by atoms with Crippen molar-refractivity contribution in [1.29, 1.82) is 5.26 Å². The first-order valence-corrected chi connectivity index (χ1v) is 7.55. The molecule has 0 N–H and O–H groups in total. The fraction of sp³-hybridized carbons (Fsp3) is 0.0833. The number of fused-ring (bicyclic) bond motifs is 1. The van der Waals surface area contributed by atoms with E-state index in [4.69, 9.17) is 11.6 Å². The third kappa shape index (κ3) is 2.02. The van der Waals surface area contributed by atoms with Crippen LogP contribution in [-0.4, -0.2) is 14.8 Å². The van der Waals surface area contributed by atoms with Gasteiger partial charge in [-0.1, -0.05) is 11.6 Å². The smallest absolute Gasteiger partial charge is 0.125 e. The second-order valence-corrected chi connectivity index (χ2v) is 6.49. The molecule has 0 saturated carbocycles. The summed E-state index contributed by atoms with van der Waals surface area (Å²) in [6.07, 6.45) is 3.38. The molecule has 94 valence electrons. The number of nitrogens with zero attached hydrogens (tertiary/aromatic N) is 4. The number of pyridine rings is 1. The van der Waals surface area contributed by atoms with Crippen LogP contribution < -0.4 is 0 Å². The second-order valence-electron chi connectivity index (χ2n) is 3.89. The zero-order chi connectivity index (χ0) is 13.6. The van der Waals surface area contributed by atoms with Crippen LogP contribution in [0.5, 0.6) is 0 Å². The lowest BCUT2D eigenvalue weighted by Gasteiger charge is -2.00. The minimum atomic E-state index is 0.535. The Morgan fingerprint density at radius 2 is 2.26 bits per heavy atom. The van der Waals surface area contributed by atoms with Crippen molar-refractivity contribution in [1.82, 2.24) is 14.8 Å². The number of hydrogen-bond donors (Lipinski definition) is 0. The summed E-state index contributed by atoms with van der Waals surface area (Å²) in [6.45, 7) is 0. The number of halogens is 2. The summed E-state index contributed by atoms with van der Waals surface area (Å²) >= 11 is 9.66. The number of rotatable bonds is 1. The summed E-state index contributed by atoms with van der Waals surface area (Å²) in [5, 5.41) is 15.0. The van der Waals surface area contributed by atoms with Crippen molar-refractivity contribution in [2.45, 2.75) is 0 Å². The van der Waals surface area contributed by atoms with Crippen LogP contribution in [0.15, 0.2) is 18.5 Å². The Bertz CT molecular complexity index is 811. The first kappa shape index (κ1) is 12.8. The fourth-order valence-electron chi connectivity index (χ4n) is 1.90. The molecule has 0 radical (unpaired) electrons. The third-order valence-electron chi connectivity index (χ3n) is 2.73. The van der Waals surface area contributed by atoms with Gasteiger partial charge in [0.25, 0.3) is 0 Å². The molecule has 0 fully saturated rings. The third-order valence-corrected chi connectivity index (χ3v) is 4.85. The van der Waals surface area contributed by atoms with Crippen molar-refractivity contribution in [2.24, 2.45) is 7.05 Å². The molecule has 0 aliphatic heterocycles. The van der Waals surface area contributed by atoms with Crippen LogP contribution in [0.4, 0.5) is 0 Å². The Balaban J connectivity index is 2.40. The van der Waals surface area contributed by atoms with E-state index in [1.54, 1.807) is 23.1 Å². The SMILES string of the molecule is Cn1ncc(I)c1-c1sc2ncc(Cl)cc2c1C#N. The Morgan fingerprint density at radius 3 is 2.89 bits per heavy atom. The highest BCUT2D eigenvalue weighted by atomic mass is 127. The summed E-state index contributed by atoms with van der Waals surface area (Å²) < 4.78 is 2.78. The predicted molar refractivity (Wildman–Crippen MR) is 84.3 cm³/mol. The number of nitriles is 1. The number of aromatic nitrogens is 3. The molecule has 7 heteroatoms. The minimum Gasteiger partial charge on any atom is -0.266 e. The van der Waals surface area contributed by atoms with E-state index in [-0.39, 0.29) is 0 Å². The summed E-state index contributed by atoms with van der Waals surface area (Å²) in [7, 11) is 1.86. The van der Waals surface area contributed by atoms with E-state index in [1.165, 1.54) is 11.3 Å². The van der Waals surface area contributed by atoms with E-state index in [9.17, 15) is 5.26 Å². The van der Waals surface area contributed by atoms with E-state index in [0.29, 0.717) is 10.6 Å². The van der Waals surface area contributed by atoms with Crippen LogP contribution in [0.3, 0.4) is 0 Å². The zero-order valence-electron chi connectivity index (χ0n) is 9.69. The lowest BCUT2D eigenvalue weighted by molar-refractivity contribution is 0.777. The summed E-state index contributed by atoms with van der Waals surface area (Å²) in [6, 6.07) is 4.04. The van der Waals surface area contributed by atoms with Gasteiger partial charge in [0.15, 0.2) is 0 Å². The van der Waals surface area contributed by atoms with Crippen LogP contribution in [0, 0.1) is 14.9 Å². The van der Waals surface area contributed by atoms with Crippen molar-refractivity contribution < 1.29 is 0 Å². The maximum absolute atomic E-state index is 9.43. The molecule has 3 heterocycles. The minimum absolute atomic E-state index is 0.535. The molecule has 4 nitrogen and oxygen atoms in total. The van der Waals surface area contributed by atoms with Crippen LogP contribution in [0.25, 0.3) is 20.8 Å². The van der Waals surface area contributed by atoms with Gasteiger partial charge >= 0.3 is 0 Å². The van der Waals surface area contributed by atoms with Gasteiger partial charge in [-0.05, 0) is 28.7 Å². The number of thiophene rings is 1. The van der Waals surface area contributed by atoms with E-state index in [0.717, 1.165) is 24.4 Å². The Hall–Kier alpha value is -1.17. The van der Waals surface area contributed by atoms with Crippen LogP contribution >= 0.6 is 45.5 Å². The van der Waals surface area contributed by atoms with Crippen molar-refractivity contribution in [2.75, 3.05) is 0 Å². The van der Waals surface area contributed by atoms with Gasteiger partial charge in [-0.3, -0.25) is 4.68 Å². The van der Waals surface area contributed by atoms with Crippen molar-refractivity contribution in [3.8, 4) is 16.6 Å². The van der Waals surface area contributed by atoms with Gasteiger partial charge < -0.3 is 0 Å². The average Bonchev–Trinajstić information content (AvgIpc) is 2.89. The van der Waals surface area contributed by atoms with Gasteiger partial charge in [0, 0.05) is 18.6 Å². The van der Waals surface area contributed by atoms with Gasteiger partial charge in [0.1, 0.15) is 10.9 Å². The van der Waals surface area contributed by atoms with E-state index >= 15 is 0 Å². The predicted octanol–water partition coefficient (Wildman–Crippen LogP) is 3.83. The lowest BCUT2D eigenvalue weighted by atomic mass is 10.1. The largest absolute Gasteiger partial charge is 0.266 e. The van der Waals surface area contributed by atoms with Gasteiger partial charge in [-0.15, -0.1) is 11.3 Å². The van der Waals surface area contributed by atoms with Crippen molar-refractivity contribution >= 4 is 55.7 Å². The Morgan fingerprint density at radius 1 is 1.47 bits per heavy atom. The van der Waals surface area contributed by atoms with Gasteiger partial charge in [-0.2, -0.15) is 10.4 Å². The maximum Gasteiger partial charge on any atom is 0.125 e. The van der Waals surface area contributed by atoms with Crippen LogP contribution in [0.1, 0.15) is 5.56 Å². The standard InChI is InChI=1S/C12H6ClIN4S/c1-18-10(9(14)5-17-18)11-8(3-15)7-2-6(13)4-16-12(7)19-11/h2,4-5H,1H3. The lowest BCUT2D eigenvalue weighted by Crippen LogP contribution is -1.94. The summed E-state index contributed by atoms with van der Waals surface area (Å²) in [5.41, 5.74) is 1.55. The fourth-order valence-corrected chi connectivity index (χ4v) is 4.15. The molecule has 0 spiro atoms. The summed E-state index contributed by atoms with van der Waals surface area (Å²) in [5.74, 6) is 0. The van der Waals surface area contributed by atoms with E-state index < -0.39 is 0 Å². The molecule has 0 bridgehead atoms. The Kier molecular flexibility index (Phi) is 3.20. The van der Waals surface area contributed by atoms with E-state index in [2.05, 4.69) is 38.7 Å². The normalized spacial score (nSPS) is 10.8. The molecule has 0 aliphatic rings. The van der Waals surface area contributed by atoms with Crippen molar-refractivity contribution in [3.05, 3.63) is 32.6 Å². The van der Waals surface area contributed by atoms with Crippen LogP contribution in [-0.2, 0) is 7.05 Å². The molecule has 19 heavy (non-hydrogen) atoms. The topological polar surface area (TPSA) is 54.5 Å². The monoisotopic (exact) mass is 400 g/mol. The van der Waals surface area contributed by atoms with Gasteiger partial charge in [0.05, 0.1) is 30.9 Å². The first-order valence-electron chi connectivity index (χ1n) is 5.28. The van der Waals surface area contributed by atoms with E-state index in [1.807, 2.05) is 7.05 Å². The highest BCUT2D eigenvalue weighted by Gasteiger charge is 2.19. The first-order chi connectivity index (χ1) is 9.11. The molecule has 0 amide bonds. The molecule has 3 aromatic rings. The highest BCUT2D eigenvalue weighted by Crippen LogP contribution is 2.39. The molecule has 0 unspecified atom stereocenters. The molecule has 0 atom stereocenters.